The minimum atomic E-state index is -0.802. The predicted molar refractivity (Wildman–Crippen MR) is 151 cm³/mol. The van der Waals surface area contributed by atoms with Gasteiger partial charge in [0, 0.05) is 49.2 Å². The summed E-state index contributed by atoms with van der Waals surface area (Å²) in [5.74, 6) is -2.10. The van der Waals surface area contributed by atoms with Gasteiger partial charge in [0.15, 0.2) is 0 Å². The van der Waals surface area contributed by atoms with Crippen LogP contribution in [0.5, 0.6) is 5.75 Å². The molecule has 0 aliphatic rings. The molecule has 0 saturated heterocycles. The fraction of sp³-hybridized carbons (Fsp3) is 0.188. The van der Waals surface area contributed by atoms with Crippen LogP contribution in [0, 0.1) is 28.8 Å². The number of pyridine rings is 1. The van der Waals surface area contributed by atoms with Crippen molar-refractivity contribution in [2.75, 3.05) is 20.8 Å². The van der Waals surface area contributed by atoms with Crippen LogP contribution in [0.2, 0.25) is 0 Å². The first-order chi connectivity index (χ1) is 20.8. The van der Waals surface area contributed by atoms with Crippen molar-refractivity contribution in [3.05, 3.63) is 113 Å². The Morgan fingerprint density at radius 2 is 1.79 bits per heavy atom. The van der Waals surface area contributed by atoms with Crippen LogP contribution in [-0.2, 0) is 29.0 Å². The second kappa shape index (κ2) is 12.8. The number of fused-ring (bicyclic) bond motifs is 1. The quantitative estimate of drug-likeness (QED) is 0.185. The number of imidazole rings is 1. The minimum absolute atomic E-state index is 0.168. The van der Waals surface area contributed by atoms with Crippen molar-refractivity contribution in [2.24, 2.45) is 0 Å². The Hall–Kier alpha value is -5.21. The summed E-state index contributed by atoms with van der Waals surface area (Å²) in [5, 5.41) is 8.95. The van der Waals surface area contributed by atoms with Crippen molar-refractivity contribution < 1.29 is 32.2 Å². The van der Waals surface area contributed by atoms with Gasteiger partial charge >= 0.3 is 5.97 Å². The highest BCUT2D eigenvalue weighted by molar-refractivity contribution is 5.93. The van der Waals surface area contributed by atoms with Gasteiger partial charge in [-0.25, -0.2) is 22.9 Å². The highest BCUT2D eigenvalue weighted by Crippen LogP contribution is 2.33. The minimum Gasteiger partial charge on any atom is -0.488 e. The molecule has 0 atom stereocenters. The third kappa shape index (κ3) is 6.19. The molecule has 2 aromatic heterocycles. The number of aromatic nitrogens is 3. The molecule has 0 saturated carbocycles. The number of ether oxygens (including phenoxy) is 3. The Labute approximate surface area is 244 Å². The van der Waals surface area contributed by atoms with E-state index in [1.807, 2.05) is 6.07 Å². The smallest absolute Gasteiger partial charge is 0.337 e. The summed E-state index contributed by atoms with van der Waals surface area (Å²) in [7, 11) is 2.82. The van der Waals surface area contributed by atoms with E-state index in [0.29, 0.717) is 41.1 Å². The lowest BCUT2D eigenvalue weighted by Crippen LogP contribution is -2.11. The molecule has 0 spiro atoms. The van der Waals surface area contributed by atoms with Gasteiger partial charge in [-0.05, 0) is 54.1 Å². The number of hydrogen-bond donors (Lipinski definition) is 0. The number of methoxy groups -OCH3 is 2. The Morgan fingerprint density at radius 3 is 2.49 bits per heavy atom. The van der Waals surface area contributed by atoms with E-state index in [9.17, 15) is 9.18 Å². The van der Waals surface area contributed by atoms with E-state index in [1.54, 1.807) is 22.8 Å². The summed E-state index contributed by atoms with van der Waals surface area (Å²) < 4.78 is 63.0. The Morgan fingerprint density at radius 1 is 1.00 bits per heavy atom. The van der Waals surface area contributed by atoms with Crippen LogP contribution in [0.3, 0.4) is 0 Å². The molecule has 0 unspecified atom stereocenters. The molecule has 8 nitrogen and oxygen atoms in total. The lowest BCUT2D eigenvalue weighted by Gasteiger charge is -2.14. The van der Waals surface area contributed by atoms with Crippen molar-refractivity contribution >= 4 is 17.0 Å². The van der Waals surface area contributed by atoms with Crippen molar-refractivity contribution in [1.29, 1.82) is 5.26 Å². The molecule has 0 radical (unpaired) electrons. The number of halogens is 3. The van der Waals surface area contributed by atoms with Gasteiger partial charge in [-0.15, -0.1) is 0 Å². The van der Waals surface area contributed by atoms with Crippen molar-refractivity contribution in [2.45, 2.75) is 19.6 Å². The van der Waals surface area contributed by atoms with Gasteiger partial charge < -0.3 is 18.8 Å². The summed E-state index contributed by atoms with van der Waals surface area (Å²) in [4.78, 5) is 20.7. The Bertz CT molecular complexity index is 1840. The molecule has 0 aliphatic heterocycles. The SMILES string of the molecule is COCCn1c(Cc2c(F)cc(-c3cnccc3OCc3ccc(C#N)cc3F)cc2F)nc2ccc(C(=O)OC)cc21. The molecule has 0 aliphatic carbocycles. The van der Waals surface area contributed by atoms with Gasteiger partial charge in [0.2, 0.25) is 0 Å². The molecule has 218 valence electrons. The first-order valence-corrected chi connectivity index (χ1v) is 13.1. The topological polar surface area (TPSA) is 99.3 Å². The fourth-order valence-electron chi connectivity index (χ4n) is 4.68. The molecule has 0 N–H and O–H groups in total. The lowest BCUT2D eigenvalue weighted by atomic mass is 10.0. The second-order valence-corrected chi connectivity index (χ2v) is 9.54. The molecule has 0 bridgehead atoms. The molecule has 0 amide bonds. The summed E-state index contributed by atoms with van der Waals surface area (Å²) in [6, 6.07) is 14.6. The lowest BCUT2D eigenvalue weighted by molar-refractivity contribution is 0.0601. The second-order valence-electron chi connectivity index (χ2n) is 9.54. The van der Waals surface area contributed by atoms with Gasteiger partial charge in [-0.1, -0.05) is 6.07 Å². The monoisotopic (exact) mass is 586 g/mol. The normalized spacial score (nSPS) is 11.0. The van der Waals surface area contributed by atoms with E-state index >= 15 is 8.78 Å². The van der Waals surface area contributed by atoms with Crippen LogP contribution in [0.1, 0.15) is 32.9 Å². The third-order valence-electron chi connectivity index (χ3n) is 6.90. The third-order valence-corrected chi connectivity index (χ3v) is 6.90. The van der Waals surface area contributed by atoms with Gasteiger partial charge in [0.25, 0.3) is 0 Å². The van der Waals surface area contributed by atoms with Gasteiger partial charge in [-0.3, -0.25) is 4.98 Å². The molecule has 2 heterocycles. The van der Waals surface area contributed by atoms with E-state index in [-0.39, 0.29) is 41.0 Å². The Kier molecular flexibility index (Phi) is 8.69. The summed E-state index contributed by atoms with van der Waals surface area (Å²) in [6.45, 7) is 0.471. The van der Waals surface area contributed by atoms with Gasteiger partial charge in [0.05, 0.1) is 41.9 Å². The average molecular weight is 587 g/mol. The summed E-state index contributed by atoms with van der Waals surface area (Å²) in [5.41, 5.74) is 2.15. The predicted octanol–water partition coefficient (Wildman–Crippen LogP) is 5.99. The number of carbonyl (C=O) groups is 1. The zero-order chi connectivity index (χ0) is 30.5. The highest BCUT2D eigenvalue weighted by atomic mass is 19.1. The number of esters is 1. The molecule has 43 heavy (non-hydrogen) atoms. The largest absolute Gasteiger partial charge is 0.488 e. The fourth-order valence-corrected chi connectivity index (χ4v) is 4.68. The zero-order valence-electron chi connectivity index (χ0n) is 23.2. The van der Waals surface area contributed by atoms with E-state index in [2.05, 4.69) is 9.97 Å². The molecule has 3 aromatic carbocycles. The standard InChI is InChI=1S/C32H25F3N4O4/c1-41-10-9-39-29-14-20(32(40)42-2)5-6-28(29)38-31(39)15-23-26(34)12-22(13-27(23)35)24-17-37-8-7-30(24)43-18-21-4-3-19(16-36)11-25(21)33/h3-8,11-14,17H,9-10,15,18H2,1-2H3. The number of hydrogen-bond acceptors (Lipinski definition) is 7. The molecule has 0 fully saturated rings. The van der Waals surface area contributed by atoms with E-state index < -0.39 is 23.4 Å². The Balaban J connectivity index is 1.45. The van der Waals surface area contributed by atoms with Crippen molar-refractivity contribution in [1.82, 2.24) is 14.5 Å². The molecular weight excluding hydrogens is 561 g/mol. The van der Waals surface area contributed by atoms with E-state index in [1.165, 1.54) is 56.9 Å². The first-order valence-electron chi connectivity index (χ1n) is 13.1. The van der Waals surface area contributed by atoms with Crippen LogP contribution in [0.25, 0.3) is 22.2 Å². The number of benzene rings is 3. The molecule has 5 aromatic rings. The highest BCUT2D eigenvalue weighted by Gasteiger charge is 2.20. The average Bonchev–Trinajstić information content (AvgIpc) is 3.36. The molecule has 11 heteroatoms. The van der Waals surface area contributed by atoms with Crippen LogP contribution >= 0.6 is 0 Å². The first kappa shape index (κ1) is 29.3. The van der Waals surface area contributed by atoms with Gasteiger partial charge in [0.1, 0.15) is 35.6 Å². The summed E-state index contributed by atoms with van der Waals surface area (Å²) in [6.07, 6.45) is 2.69. The van der Waals surface area contributed by atoms with Crippen LogP contribution in [0.15, 0.2) is 67.0 Å². The van der Waals surface area contributed by atoms with E-state index in [0.717, 1.165) is 6.07 Å². The maximum Gasteiger partial charge on any atom is 0.337 e. The van der Waals surface area contributed by atoms with Crippen LogP contribution in [-0.4, -0.2) is 41.3 Å². The van der Waals surface area contributed by atoms with Crippen LogP contribution < -0.4 is 4.74 Å². The number of nitriles is 1. The molecular formula is C32H25F3N4O4. The van der Waals surface area contributed by atoms with Gasteiger partial charge in [-0.2, -0.15) is 5.26 Å². The number of rotatable bonds is 10. The van der Waals surface area contributed by atoms with Crippen LogP contribution in [0.4, 0.5) is 13.2 Å². The van der Waals surface area contributed by atoms with Crippen molar-refractivity contribution in [3.63, 3.8) is 0 Å². The zero-order valence-corrected chi connectivity index (χ0v) is 23.2. The maximum absolute atomic E-state index is 15.5. The van der Waals surface area contributed by atoms with Crippen molar-refractivity contribution in [3.8, 4) is 22.9 Å². The summed E-state index contributed by atoms with van der Waals surface area (Å²) >= 11 is 0. The maximum atomic E-state index is 15.5. The number of nitrogens with zero attached hydrogens (tertiary/aromatic N) is 4. The number of carbonyl (C=O) groups excluding carboxylic acids is 1. The van der Waals surface area contributed by atoms with E-state index in [4.69, 9.17) is 19.5 Å². The molecule has 5 rings (SSSR count).